The number of amides is 1. The summed E-state index contributed by atoms with van der Waals surface area (Å²) < 4.78 is 7.18. The Bertz CT molecular complexity index is 1870. The zero-order valence-corrected chi connectivity index (χ0v) is 23.1. The van der Waals surface area contributed by atoms with Gasteiger partial charge in [-0.15, -0.1) is 0 Å². The lowest BCUT2D eigenvalue weighted by Gasteiger charge is -2.25. The summed E-state index contributed by atoms with van der Waals surface area (Å²) in [6.45, 7) is 5.66. The largest absolute Gasteiger partial charge is 0.497 e. The molecule has 9 nitrogen and oxygen atoms in total. The molecule has 0 saturated heterocycles. The van der Waals surface area contributed by atoms with Crippen LogP contribution in [0.2, 0.25) is 0 Å². The molecule has 1 aromatic heterocycles. The number of nitro benzene ring substituents is 1. The van der Waals surface area contributed by atoms with Gasteiger partial charge in [-0.3, -0.25) is 24.3 Å². The maximum absolute atomic E-state index is 13.8. The number of fused-ring (bicyclic) bond motifs is 1. The van der Waals surface area contributed by atoms with Gasteiger partial charge in [0.2, 0.25) is 0 Å². The minimum absolute atomic E-state index is 0.0705. The van der Waals surface area contributed by atoms with Crippen LogP contribution in [-0.2, 0) is 4.79 Å². The Hall–Kier alpha value is -4.83. The van der Waals surface area contributed by atoms with Crippen LogP contribution < -0.4 is 24.9 Å². The van der Waals surface area contributed by atoms with Gasteiger partial charge in [0.05, 0.1) is 33.9 Å². The number of allylic oxidation sites excluding steroid dienone is 1. The SMILES string of the molecule is COc1ccc([C@H]2C(C(=O)Nc3ccc(C)cc3C)=C(C)N=c3s/c(=C/c4cccc([N+](=O)[O-])c4)c(=O)n32)cc1. The number of non-ortho nitro benzene ring substituents is 1. The molecule has 2 heterocycles. The van der Waals surface area contributed by atoms with Crippen molar-refractivity contribution >= 4 is 34.7 Å². The van der Waals surface area contributed by atoms with Crippen LogP contribution in [0.25, 0.3) is 6.08 Å². The number of nitro groups is 1. The highest BCUT2D eigenvalue weighted by Crippen LogP contribution is 2.32. The predicted octanol–water partition coefficient (Wildman–Crippen LogP) is 4.41. The molecule has 0 unspecified atom stereocenters. The van der Waals surface area contributed by atoms with Crippen LogP contribution in [0.15, 0.2) is 87.8 Å². The van der Waals surface area contributed by atoms with Crippen LogP contribution in [0.3, 0.4) is 0 Å². The number of ether oxygens (including phenoxy) is 1. The van der Waals surface area contributed by atoms with Crippen LogP contribution >= 0.6 is 11.3 Å². The van der Waals surface area contributed by atoms with E-state index in [1.54, 1.807) is 44.4 Å². The second-order valence-electron chi connectivity index (χ2n) is 9.48. The molecule has 0 aliphatic carbocycles. The van der Waals surface area contributed by atoms with Gasteiger partial charge in [0, 0.05) is 17.8 Å². The topological polar surface area (TPSA) is 116 Å². The van der Waals surface area contributed by atoms with Crippen molar-refractivity contribution in [3.63, 3.8) is 0 Å². The molecule has 202 valence electrons. The van der Waals surface area contributed by atoms with Gasteiger partial charge in [-0.2, -0.15) is 0 Å². The molecule has 5 rings (SSSR count). The first kappa shape index (κ1) is 26.8. The maximum atomic E-state index is 13.8. The van der Waals surface area contributed by atoms with E-state index in [0.29, 0.717) is 43.2 Å². The molecule has 0 saturated carbocycles. The third-order valence-electron chi connectivity index (χ3n) is 6.71. The summed E-state index contributed by atoms with van der Waals surface area (Å²) in [7, 11) is 1.57. The fourth-order valence-corrected chi connectivity index (χ4v) is 5.78. The molecule has 0 bridgehead atoms. The number of hydrogen-bond acceptors (Lipinski definition) is 7. The summed E-state index contributed by atoms with van der Waals surface area (Å²) >= 11 is 1.17. The van der Waals surface area contributed by atoms with Gasteiger partial charge in [-0.05, 0) is 61.7 Å². The Kier molecular flexibility index (Phi) is 7.19. The average Bonchev–Trinajstić information content (AvgIpc) is 3.23. The number of nitrogens with one attached hydrogen (secondary N) is 1. The Morgan fingerprint density at radius 3 is 2.52 bits per heavy atom. The first-order valence-electron chi connectivity index (χ1n) is 12.5. The number of aryl methyl sites for hydroxylation is 2. The van der Waals surface area contributed by atoms with Gasteiger partial charge < -0.3 is 10.1 Å². The summed E-state index contributed by atoms with van der Waals surface area (Å²) in [6, 6.07) is 18.3. The smallest absolute Gasteiger partial charge is 0.271 e. The molecular formula is C30H26N4O5S. The van der Waals surface area contributed by atoms with Crippen LogP contribution in [0.5, 0.6) is 5.75 Å². The first-order valence-corrected chi connectivity index (χ1v) is 13.3. The zero-order chi connectivity index (χ0) is 28.6. The maximum Gasteiger partial charge on any atom is 0.271 e. The van der Waals surface area contributed by atoms with E-state index >= 15 is 0 Å². The standard InChI is InChI=1S/C30H26N4O5S/c1-17-8-13-24(18(2)14-17)32-28(35)26-19(3)31-30-33(27(26)21-9-11-23(39-4)12-10-21)29(36)25(40-30)16-20-6-5-7-22(15-20)34(37)38/h5-16,27H,1-4H3,(H,32,35)/b25-16+/t27-/m0/s1. The zero-order valence-electron chi connectivity index (χ0n) is 22.3. The number of aromatic nitrogens is 1. The van der Waals surface area contributed by atoms with Crippen molar-refractivity contribution in [1.29, 1.82) is 0 Å². The van der Waals surface area contributed by atoms with E-state index in [2.05, 4.69) is 10.3 Å². The highest BCUT2D eigenvalue weighted by molar-refractivity contribution is 7.07. The molecule has 3 aromatic carbocycles. The minimum Gasteiger partial charge on any atom is -0.497 e. The number of carbonyl (C=O) groups excluding carboxylic acids is 1. The monoisotopic (exact) mass is 554 g/mol. The molecule has 0 radical (unpaired) electrons. The van der Waals surface area contributed by atoms with E-state index in [1.807, 2.05) is 44.2 Å². The number of nitrogens with zero attached hydrogens (tertiary/aromatic N) is 3. The third kappa shape index (κ3) is 5.08. The number of anilines is 1. The summed E-state index contributed by atoms with van der Waals surface area (Å²) in [6.07, 6.45) is 1.61. The van der Waals surface area contributed by atoms with E-state index in [9.17, 15) is 19.7 Å². The highest BCUT2D eigenvalue weighted by atomic mass is 32.1. The van der Waals surface area contributed by atoms with Crippen molar-refractivity contribution in [1.82, 2.24) is 4.57 Å². The molecular weight excluding hydrogens is 528 g/mol. The van der Waals surface area contributed by atoms with Crippen LogP contribution in [0.4, 0.5) is 11.4 Å². The molecule has 0 spiro atoms. The van der Waals surface area contributed by atoms with Crippen LogP contribution in [0, 0.1) is 24.0 Å². The number of methoxy groups -OCH3 is 1. The predicted molar refractivity (Wildman–Crippen MR) is 154 cm³/mol. The quantitative estimate of drug-likeness (QED) is 0.280. The number of carbonyl (C=O) groups is 1. The Balaban J connectivity index is 1.66. The second kappa shape index (κ2) is 10.7. The number of hydrogen-bond donors (Lipinski definition) is 1. The molecule has 1 N–H and O–H groups in total. The van der Waals surface area contributed by atoms with E-state index in [0.717, 1.165) is 11.1 Å². The normalized spacial score (nSPS) is 14.9. The Morgan fingerprint density at radius 2 is 1.85 bits per heavy atom. The Labute approximate surface area is 233 Å². The number of benzene rings is 3. The fraction of sp³-hybridized carbons (Fsp3) is 0.167. The first-order chi connectivity index (χ1) is 19.2. The van der Waals surface area contributed by atoms with Crippen LogP contribution in [-0.4, -0.2) is 22.5 Å². The summed E-state index contributed by atoms with van der Waals surface area (Å²) in [4.78, 5) is 43.5. The van der Waals surface area contributed by atoms with Gasteiger partial charge in [-0.1, -0.05) is 53.3 Å². The van der Waals surface area contributed by atoms with E-state index < -0.39 is 11.0 Å². The fourth-order valence-electron chi connectivity index (χ4n) is 4.74. The molecule has 4 aromatic rings. The van der Waals surface area contributed by atoms with E-state index in [-0.39, 0.29) is 17.2 Å². The van der Waals surface area contributed by atoms with Gasteiger partial charge in [-0.25, -0.2) is 4.99 Å². The summed E-state index contributed by atoms with van der Waals surface area (Å²) in [5.41, 5.74) is 4.32. The Morgan fingerprint density at radius 1 is 1.10 bits per heavy atom. The molecule has 1 atom stereocenters. The van der Waals surface area contributed by atoms with Crippen molar-refractivity contribution in [2.24, 2.45) is 4.99 Å². The van der Waals surface area contributed by atoms with Gasteiger partial charge in [0.15, 0.2) is 4.80 Å². The van der Waals surface area contributed by atoms with Crippen molar-refractivity contribution < 1.29 is 14.5 Å². The van der Waals surface area contributed by atoms with Crippen molar-refractivity contribution in [3.05, 3.63) is 130 Å². The molecule has 40 heavy (non-hydrogen) atoms. The van der Waals surface area contributed by atoms with E-state index in [4.69, 9.17) is 4.74 Å². The van der Waals surface area contributed by atoms with E-state index in [1.165, 1.54) is 28.0 Å². The van der Waals surface area contributed by atoms with Gasteiger partial charge in [0.25, 0.3) is 17.2 Å². The summed E-state index contributed by atoms with van der Waals surface area (Å²) in [5, 5.41) is 14.3. The lowest BCUT2D eigenvalue weighted by atomic mass is 9.95. The number of rotatable bonds is 6. The molecule has 1 amide bonds. The third-order valence-corrected chi connectivity index (χ3v) is 7.69. The van der Waals surface area contributed by atoms with Crippen LogP contribution in [0.1, 0.15) is 35.2 Å². The minimum atomic E-state index is -0.750. The second-order valence-corrected chi connectivity index (χ2v) is 10.5. The van der Waals surface area contributed by atoms with Gasteiger partial charge in [0.1, 0.15) is 5.75 Å². The lowest BCUT2D eigenvalue weighted by molar-refractivity contribution is -0.384. The van der Waals surface area contributed by atoms with Gasteiger partial charge >= 0.3 is 0 Å². The summed E-state index contributed by atoms with van der Waals surface area (Å²) in [5.74, 6) is 0.283. The average molecular weight is 555 g/mol. The van der Waals surface area contributed by atoms with Crippen molar-refractivity contribution in [2.45, 2.75) is 26.8 Å². The molecule has 1 aliphatic rings. The highest BCUT2D eigenvalue weighted by Gasteiger charge is 2.32. The molecule has 1 aliphatic heterocycles. The molecule has 0 fully saturated rings. The molecule has 10 heteroatoms. The van der Waals surface area contributed by atoms with Crippen molar-refractivity contribution in [3.8, 4) is 5.75 Å². The number of thiazole rings is 1. The lowest BCUT2D eigenvalue weighted by Crippen LogP contribution is -2.40. The van der Waals surface area contributed by atoms with Crippen molar-refractivity contribution in [2.75, 3.05) is 12.4 Å².